The van der Waals surface area contributed by atoms with Crippen molar-refractivity contribution in [2.24, 2.45) is 5.10 Å². The Morgan fingerprint density at radius 1 is 1.14 bits per heavy atom. The lowest BCUT2D eigenvalue weighted by Gasteiger charge is -2.10. The Labute approximate surface area is 130 Å². The van der Waals surface area contributed by atoms with E-state index in [-0.39, 0.29) is 0 Å². The summed E-state index contributed by atoms with van der Waals surface area (Å²) in [5, 5.41) is 14.1. The van der Waals surface area contributed by atoms with Crippen LogP contribution in [0.5, 0.6) is 0 Å². The molecule has 0 fully saturated rings. The molecule has 2 N–H and O–H groups in total. The number of hydrogen-bond acceptors (Lipinski definition) is 3. The Balaban J connectivity index is 2.09. The van der Waals surface area contributed by atoms with E-state index in [9.17, 15) is 9.90 Å². The van der Waals surface area contributed by atoms with Crippen molar-refractivity contribution in [1.29, 1.82) is 0 Å². The van der Waals surface area contributed by atoms with E-state index >= 15 is 0 Å². The molecule has 1 atom stereocenters. The van der Waals surface area contributed by atoms with Crippen LogP contribution in [0.3, 0.4) is 0 Å². The number of aliphatic hydroxyl groups excluding tert-OH is 1. The first-order chi connectivity index (χ1) is 10.5. The molecule has 1 unspecified atom stereocenters. The number of carbonyl (C=O) groups is 1. The van der Waals surface area contributed by atoms with Gasteiger partial charge in [0, 0.05) is 5.56 Å². The smallest absolute Gasteiger partial charge is 0.273 e. The molecule has 0 saturated carbocycles. The number of rotatable bonds is 4. The van der Waals surface area contributed by atoms with Crippen LogP contribution in [0.4, 0.5) is 0 Å². The summed E-state index contributed by atoms with van der Waals surface area (Å²) in [5.74, 6) is -0.546. The van der Waals surface area contributed by atoms with Gasteiger partial charge in [-0.15, -0.1) is 0 Å². The lowest BCUT2D eigenvalue weighted by molar-refractivity contribution is -0.129. The zero-order chi connectivity index (χ0) is 16.1. The summed E-state index contributed by atoms with van der Waals surface area (Å²) in [6.45, 7) is 5.86. The number of hydrogen-bond donors (Lipinski definition) is 2. The number of carbonyl (C=O) groups excluding carboxylic acids is 1. The van der Waals surface area contributed by atoms with E-state index in [0.717, 1.165) is 11.1 Å². The van der Waals surface area contributed by atoms with Gasteiger partial charge in [0.1, 0.15) is 0 Å². The number of aryl methyl sites for hydroxylation is 2. The summed E-state index contributed by atoms with van der Waals surface area (Å²) in [4.78, 5) is 12.0. The zero-order valence-corrected chi connectivity index (χ0v) is 13.0. The normalized spacial score (nSPS) is 12.8. The van der Waals surface area contributed by atoms with Crippen molar-refractivity contribution in [2.75, 3.05) is 0 Å². The molecule has 2 aromatic rings. The standard InChI is InChI=1S/C18H20N2O2/c1-12-9-10-16(13(2)11-12)14(3)19-20-18(22)17(21)15-7-5-4-6-8-15/h4-11,17,21H,1-3H3,(H,20,22). The molecular formula is C18H20N2O2. The van der Waals surface area contributed by atoms with Crippen molar-refractivity contribution in [1.82, 2.24) is 5.43 Å². The SMILES string of the molecule is CC(=NNC(=O)C(O)c1ccccc1)c1ccc(C)cc1C. The van der Waals surface area contributed by atoms with Crippen LogP contribution in [0.2, 0.25) is 0 Å². The van der Waals surface area contributed by atoms with Gasteiger partial charge in [-0.2, -0.15) is 5.10 Å². The second-order valence-electron chi connectivity index (χ2n) is 5.30. The van der Waals surface area contributed by atoms with Crippen LogP contribution in [0.15, 0.2) is 53.6 Å². The van der Waals surface area contributed by atoms with E-state index in [1.54, 1.807) is 24.3 Å². The maximum Gasteiger partial charge on any atom is 0.273 e. The second kappa shape index (κ2) is 7.00. The molecule has 0 heterocycles. The summed E-state index contributed by atoms with van der Waals surface area (Å²) in [6, 6.07) is 14.8. The average Bonchev–Trinajstić information content (AvgIpc) is 2.52. The summed E-state index contributed by atoms with van der Waals surface area (Å²) in [5.41, 5.74) is 6.91. The van der Waals surface area contributed by atoms with E-state index in [1.807, 2.05) is 39.0 Å². The number of amides is 1. The minimum Gasteiger partial charge on any atom is -0.378 e. The molecule has 0 spiro atoms. The molecule has 0 saturated heterocycles. The Hall–Kier alpha value is -2.46. The fourth-order valence-electron chi connectivity index (χ4n) is 2.27. The molecule has 1 amide bonds. The van der Waals surface area contributed by atoms with Gasteiger partial charge in [-0.25, -0.2) is 5.43 Å². The van der Waals surface area contributed by atoms with Crippen molar-refractivity contribution in [3.63, 3.8) is 0 Å². The third-order valence-corrected chi connectivity index (χ3v) is 3.47. The van der Waals surface area contributed by atoms with Crippen LogP contribution in [-0.2, 0) is 4.79 Å². The first-order valence-electron chi connectivity index (χ1n) is 7.14. The highest BCUT2D eigenvalue weighted by molar-refractivity contribution is 6.00. The third kappa shape index (κ3) is 3.80. The molecule has 4 nitrogen and oxygen atoms in total. The van der Waals surface area contributed by atoms with E-state index < -0.39 is 12.0 Å². The van der Waals surface area contributed by atoms with Gasteiger partial charge in [-0.1, -0.05) is 54.1 Å². The fraction of sp³-hybridized carbons (Fsp3) is 0.222. The highest BCUT2D eigenvalue weighted by Gasteiger charge is 2.16. The maximum atomic E-state index is 12.0. The molecule has 0 aliphatic carbocycles. The van der Waals surface area contributed by atoms with E-state index in [1.165, 1.54) is 5.56 Å². The van der Waals surface area contributed by atoms with Gasteiger partial charge in [0.15, 0.2) is 6.10 Å². The highest BCUT2D eigenvalue weighted by atomic mass is 16.3. The Morgan fingerprint density at radius 3 is 2.45 bits per heavy atom. The first kappa shape index (κ1) is 15.9. The van der Waals surface area contributed by atoms with Crippen molar-refractivity contribution in [2.45, 2.75) is 26.9 Å². The van der Waals surface area contributed by atoms with Gasteiger partial charge >= 0.3 is 0 Å². The van der Waals surface area contributed by atoms with Crippen LogP contribution in [0.1, 0.15) is 35.3 Å². The molecular weight excluding hydrogens is 276 g/mol. The molecule has 114 valence electrons. The summed E-state index contributed by atoms with van der Waals surface area (Å²) in [6.07, 6.45) is -1.23. The molecule has 0 aromatic heterocycles. The van der Waals surface area contributed by atoms with Crippen LogP contribution >= 0.6 is 0 Å². The molecule has 0 aliphatic heterocycles. The molecule has 0 bridgehead atoms. The monoisotopic (exact) mass is 296 g/mol. The number of benzene rings is 2. The molecule has 4 heteroatoms. The second-order valence-corrected chi connectivity index (χ2v) is 5.30. The number of nitrogens with one attached hydrogen (secondary N) is 1. The van der Waals surface area contributed by atoms with E-state index in [0.29, 0.717) is 11.3 Å². The lowest BCUT2D eigenvalue weighted by Crippen LogP contribution is -2.26. The van der Waals surface area contributed by atoms with Crippen molar-refractivity contribution in [3.8, 4) is 0 Å². The predicted octanol–water partition coefficient (Wildman–Crippen LogP) is 2.88. The summed E-state index contributed by atoms with van der Waals surface area (Å²) >= 11 is 0. The van der Waals surface area contributed by atoms with Crippen molar-refractivity contribution < 1.29 is 9.90 Å². The lowest BCUT2D eigenvalue weighted by atomic mass is 10.0. The van der Waals surface area contributed by atoms with Gasteiger partial charge < -0.3 is 5.11 Å². The minimum absolute atomic E-state index is 0.541. The van der Waals surface area contributed by atoms with Gasteiger partial charge in [0.25, 0.3) is 5.91 Å². The summed E-state index contributed by atoms with van der Waals surface area (Å²) in [7, 11) is 0. The van der Waals surface area contributed by atoms with Crippen LogP contribution in [0.25, 0.3) is 0 Å². The van der Waals surface area contributed by atoms with E-state index in [4.69, 9.17) is 0 Å². The topological polar surface area (TPSA) is 61.7 Å². The number of hydrazone groups is 1. The highest BCUT2D eigenvalue weighted by Crippen LogP contribution is 2.13. The molecule has 2 rings (SSSR count). The molecule has 0 radical (unpaired) electrons. The Kier molecular flexibility index (Phi) is 5.07. The maximum absolute atomic E-state index is 12.0. The number of aliphatic hydroxyl groups is 1. The molecule has 2 aromatic carbocycles. The Morgan fingerprint density at radius 2 is 1.82 bits per heavy atom. The van der Waals surface area contributed by atoms with Crippen molar-refractivity contribution >= 4 is 11.6 Å². The van der Waals surface area contributed by atoms with Gasteiger partial charge in [-0.3, -0.25) is 4.79 Å². The number of nitrogens with zero attached hydrogens (tertiary/aromatic N) is 1. The predicted molar refractivity (Wildman–Crippen MR) is 87.7 cm³/mol. The quantitative estimate of drug-likeness (QED) is 0.673. The van der Waals surface area contributed by atoms with Crippen LogP contribution in [-0.4, -0.2) is 16.7 Å². The van der Waals surface area contributed by atoms with Gasteiger partial charge in [0.05, 0.1) is 5.71 Å². The van der Waals surface area contributed by atoms with E-state index in [2.05, 4.69) is 16.6 Å². The van der Waals surface area contributed by atoms with Gasteiger partial charge in [-0.05, 0) is 31.9 Å². The largest absolute Gasteiger partial charge is 0.378 e. The zero-order valence-electron chi connectivity index (χ0n) is 13.0. The van der Waals surface area contributed by atoms with Crippen LogP contribution in [0, 0.1) is 13.8 Å². The summed E-state index contributed by atoms with van der Waals surface area (Å²) < 4.78 is 0. The fourth-order valence-corrected chi connectivity index (χ4v) is 2.27. The van der Waals surface area contributed by atoms with Gasteiger partial charge in [0.2, 0.25) is 0 Å². The van der Waals surface area contributed by atoms with Crippen LogP contribution < -0.4 is 5.43 Å². The Bertz CT molecular complexity index is 693. The minimum atomic E-state index is -1.23. The molecule has 22 heavy (non-hydrogen) atoms. The average molecular weight is 296 g/mol. The van der Waals surface area contributed by atoms with Crippen molar-refractivity contribution in [3.05, 3.63) is 70.8 Å². The third-order valence-electron chi connectivity index (χ3n) is 3.47. The first-order valence-corrected chi connectivity index (χ1v) is 7.14. The molecule has 0 aliphatic rings.